The Balaban J connectivity index is 1.67. The fourth-order valence-electron chi connectivity index (χ4n) is 4.74. The van der Waals surface area contributed by atoms with Crippen LogP contribution in [0.25, 0.3) is 0 Å². The number of hydrogen-bond donors (Lipinski definition) is 0. The first-order valence-electron chi connectivity index (χ1n) is 9.23. The van der Waals surface area contributed by atoms with E-state index in [1.807, 2.05) is 0 Å². The van der Waals surface area contributed by atoms with Gasteiger partial charge in [-0.3, -0.25) is 0 Å². The molecule has 0 heterocycles. The maximum Gasteiger partial charge on any atom is 0.118 e. The van der Waals surface area contributed by atoms with Crippen molar-refractivity contribution in [3.8, 4) is 0 Å². The molecule has 3 heteroatoms. The van der Waals surface area contributed by atoms with Gasteiger partial charge >= 0.3 is 0 Å². The molecule has 0 bridgehead atoms. The molecule has 3 aliphatic carbocycles. The van der Waals surface area contributed by atoms with Crippen LogP contribution < -0.4 is 0 Å². The second-order valence-corrected chi connectivity index (χ2v) is 11.5. The van der Waals surface area contributed by atoms with Crippen LogP contribution in [0.4, 0.5) is 0 Å². The van der Waals surface area contributed by atoms with E-state index in [0.717, 1.165) is 15.7 Å². The van der Waals surface area contributed by atoms with Crippen LogP contribution >= 0.6 is 23.2 Å². The molecule has 122 valence electrons. The molecule has 0 nitrogen and oxygen atoms in total. The summed E-state index contributed by atoms with van der Waals surface area (Å²) in [6.45, 7) is 0. The van der Waals surface area contributed by atoms with E-state index in [9.17, 15) is 0 Å². The zero-order chi connectivity index (χ0) is 14.7. The molecule has 3 fully saturated rings. The average Bonchev–Trinajstić information content (AvgIpc) is 2.52. The predicted molar refractivity (Wildman–Crippen MR) is 98.0 cm³/mol. The zero-order valence-electron chi connectivity index (χ0n) is 13.2. The zero-order valence-corrected chi connectivity index (χ0v) is 15.6. The molecule has 0 aromatic heterocycles. The highest BCUT2D eigenvalue weighted by Crippen LogP contribution is 2.41. The van der Waals surface area contributed by atoms with Crippen LogP contribution in [0.3, 0.4) is 0 Å². The summed E-state index contributed by atoms with van der Waals surface area (Å²) in [6, 6.07) is 0. The molecule has 0 saturated heterocycles. The van der Waals surface area contributed by atoms with E-state index in [-0.39, 0.29) is 0 Å². The highest BCUT2D eigenvalue weighted by molar-refractivity contribution is 7.98. The van der Waals surface area contributed by atoms with Gasteiger partial charge in [-0.1, -0.05) is 6.42 Å². The lowest BCUT2D eigenvalue weighted by atomic mass is 9.98. The first-order valence-corrected chi connectivity index (χ1v) is 11.5. The van der Waals surface area contributed by atoms with Gasteiger partial charge in [-0.15, -0.1) is 23.2 Å². The van der Waals surface area contributed by atoms with Crippen LogP contribution in [0.15, 0.2) is 0 Å². The van der Waals surface area contributed by atoms with Crippen molar-refractivity contribution < 1.29 is 0 Å². The Morgan fingerprint density at radius 3 is 1.29 bits per heavy atom. The fraction of sp³-hybridized carbons (Fsp3) is 1.00. The number of halogens is 2. The van der Waals surface area contributed by atoms with Crippen molar-refractivity contribution >= 4 is 34.1 Å². The Morgan fingerprint density at radius 2 is 0.857 bits per heavy atom. The van der Waals surface area contributed by atoms with Crippen LogP contribution in [0.2, 0.25) is 0 Å². The largest absolute Gasteiger partial charge is 0.123 e. The number of alkyl halides is 2. The third kappa shape index (κ3) is 4.48. The minimum absolute atomic E-state index is 0.469. The Kier molecular flexibility index (Phi) is 6.51. The van der Waals surface area contributed by atoms with Gasteiger partial charge in [0.15, 0.2) is 0 Å². The molecule has 21 heavy (non-hydrogen) atoms. The van der Waals surface area contributed by atoms with E-state index in [1.54, 1.807) is 0 Å². The second kappa shape index (κ2) is 8.15. The van der Waals surface area contributed by atoms with E-state index in [0.29, 0.717) is 21.6 Å². The number of hydrogen-bond acceptors (Lipinski definition) is 0. The van der Waals surface area contributed by atoms with Gasteiger partial charge in [-0.25, -0.2) is 0 Å². The van der Waals surface area contributed by atoms with E-state index in [1.165, 1.54) is 83.5 Å². The third-order valence-corrected chi connectivity index (χ3v) is 10.5. The molecule has 0 atom stereocenters. The van der Waals surface area contributed by atoms with Crippen molar-refractivity contribution in [2.75, 3.05) is 0 Å². The van der Waals surface area contributed by atoms with Crippen molar-refractivity contribution in [1.82, 2.24) is 0 Å². The van der Waals surface area contributed by atoms with Crippen LogP contribution in [0, 0.1) is 0 Å². The third-order valence-electron chi connectivity index (χ3n) is 5.91. The van der Waals surface area contributed by atoms with Crippen molar-refractivity contribution in [3.05, 3.63) is 0 Å². The van der Waals surface area contributed by atoms with Gasteiger partial charge in [-0.05, 0) is 87.9 Å². The lowest BCUT2D eigenvalue weighted by molar-refractivity contribution is 0.470. The van der Waals surface area contributed by atoms with E-state index < -0.39 is 0 Å². The van der Waals surface area contributed by atoms with Crippen LogP contribution in [0.5, 0.6) is 0 Å². The normalized spacial score (nSPS) is 40.9. The van der Waals surface area contributed by atoms with Crippen molar-refractivity contribution in [2.45, 2.75) is 110 Å². The van der Waals surface area contributed by atoms with Crippen LogP contribution in [-0.4, -0.2) is 26.5 Å². The van der Waals surface area contributed by atoms with E-state index in [4.69, 9.17) is 23.2 Å². The van der Waals surface area contributed by atoms with Crippen molar-refractivity contribution in [3.63, 3.8) is 0 Å². The van der Waals surface area contributed by atoms with Crippen LogP contribution in [0.1, 0.15) is 83.5 Å². The van der Waals surface area contributed by atoms with Gasteiger partial charge in [-0.2, -0.15) is 0 Å². The van der Waals surface area contributed by atoms with Gasteiger partial charge in [0.05, 0.1) is 0 Å². The Bertz CT molecular complexity index is 278. The molecule has 0 aliphatic heterocycles. The summed E-state index contributed by atoms with van der Waals surface area (Å²) in [7, 11) is 0.669. The van der Waals surface area contributed by atoms with Crippen molar-refractivity contribution in [2.24, 2.45) is 0 Å². The van der Waals surface area contributed by atoms with Crippen LogP contribution in [-0.2, 0) is 10.9 Å². The molecule has 0 N–H and O–H groups in total. The summed E-state index contributed by atoms with van der Waals surface area (Å²) in [6.07, 6.45) is 18.2. The summed E-state index contributed by atoms with van der Waals surface area (Å²) in [5, 5.41) is 3.99. The topological polar surface area (TPSA) is 0 Å². The molecular weight excluding hydrogens is 319 g/mol. The Hall–Kier alpha value is 0.930. The minimum atomic E-state index is 0.469. The summed E-state index contributed by atoms with van der Waals surface area (Å²) in [4.78, 5) is 0. The molecule has 0 spiro atoms. The van der Waals surface area contributed by atoms with Gasteiger partial charge in [0.2, 0.25) is 0 Å². The molecule has 0 unspecified atom stereocenters. The number of rotatable bonds is 3. The Labute approximate surface area is 144 Å². The SMILES string of the molecule is ClC1CCC([S+](C2CCCCC2)C2CCC(Cl)CC2)CC1. The first-order chi connectivity index (χ1) is 10.2. The highest BCUT2D eigenvalue weighted by Gasteiger charge is 2.46. The quantitative estimate of drug-likeness (QED) is 0.430. The van der Waals surface area contributed by atoms with Gasteiger partial charge < -0.3 is 0 Å². The molecule has 3 saturated carbocycles. The second-order valence-electron chi connectivity index (χ2n) is 7.42. The maximum absolute atomic E-state index is 6.36. The van der Waals surface area contributed by atoms with E-state index in [2.05, 4.69) is 0 Å². The molecule has 3 rings (SSSR count). The Morgan fingerprint density at radius 1 is 0.476 bits per heavy atom. The molecule has 3 aliphatic rings. The first kappa shape index (κ1) is 16.8. The minimum Gasteiger partial charge on any atom is -0.123 e. The summed E-state index contributed by atoms with van der Waals surface area (Å²) in [5.74, 6) is 0. The fourth-order valence-corrected chi connectivity index (χ4v) is 9.39. The molecule has 0 aromatic carbocycles. The lowest BCUT2D eigenvalue weighted by Crippen LogP contribution is -2.44. The molecule has 0 aromatic rings. The molecular formula is C18H31Cl2S+. The molecule has 0 radical (unpaired) electrons. The standard InChI is InChI=1S/C18H31Cl2S/c19-14-6-10-17(11-7-14)21(16-4-2-1-3-5-16)18-12-8-15(20)9-13-18/h14-18H,1-13H2/q+1. The van der Waals surface area contributed by atoms with Gasteiger partial charge in [0.1, 0.15) is 15.7 Å². The van der Waals surface area contributed by atoms with Gasteiger partial charge in [0.25, 0.3) is 0 Å². The van der Waals surface area contributed by atoms with Crippen molar-refractivity contribution in [1.29, 1.82) is 0 Å². The monoisotopic (exact) mass is 349 g/mol. The molecule has 0 amide bonds. The predicted octanol–water partition coefficient (Wildman–Crippen LogP) is 6.04. The summed E-state index contributed by atoms with van der Waals surface area (Å²) >= 11 is 12.7. The lowest BCUT2D eigenvalue weighted by Gasteiger charge is -2.37. The van der Waals surface area contributed by atoms with E-state index >= 15 is 0 Å². The smallest absolute Gasteiger partial charge is 0.118 e. The maximum atomic E-state index is 6.36. The summed E-state index contributed by atoms with van der Waals surface area (Å²) in [5.41, 5.74) is 0. The van der Waals surface area contributed by atoms with Gasteiger partial charge in [0, 0.05) is 10.8 Å². The average molecular weight is 350 g/mol. The summed E-state index contributed by atoms with van der Waals surface area (Å²) < 4.78 is 0. The highest BCUT2D eigenvalue weighted by atomic mass is 35.5.